The second-order valence-electron chi connectivity index (χ2n) is 7.66. The van der Waals surface area contributed by atoms with E-state index in [1.54, 1.807) is 17.0 Å². The Kier molecular flexibility index (Phi) is 6.58. The van der Waals surface area contributed by atoms with Crippen molar-refractivity contribution in [3.63, 3.8) is 0 Å². The summed E-state index contributed by atoms with van der Waals surface area (Å²) >= 11 is 0. The molecule has 7 heteroatoms. The predicted molar refractivity (Wildman–Crippen MR) is 95.1 cm³/mol. The van der Waals surface area contributed by atoms with Gasteiger partial charge >= 0.3 is 6.09 Å². The number of amides is 2. The second kappa shape index (κ2) is 8.49. The third kappa shape index (κ3) is 6.29. The highest BCUT2D eigenvalue weighted by Crippen LogP contribution is 2.16. The summed E-state index contributed by atoms with van der Waals surface area (Å²) in [5, 5.41) is 12.3. The zero-order chi connectivity index (χ0) is 19.3. The molecule has 0 radical (unpaired) electrons. The average molecular weight is 366 g/mol. The number of aliphatic hydroxyl groups is 1. The van der Waals surface area contributed by atoms with Crippen molar-refractivity contribution in [1.29, 1.82) is 0 Å². The van der Waals surface area contributed by atoms with E-state index in [1.165, 1.54) is 12.1 Å². The monoisotopic (exact) mass is 366 g/mol. The molecule has 144 valence electrons. The lowest BCUT2D eigenvalue weighted by Crippen LogP contribution is -2.49. The van der Waals surface area contributed by atoms with E-state index in [2.05, 4.69) is 5.32 Å². The Morgan fingerprint density at radius 3 is 2.38 bits per heavy atom. The van der Waals surface area contributed by atoms with Crippen molar-refractivity contribution in [1.82, 2.24) is 10.2 Å². The van der Waals surface area contributed by atoms with E-state index < -0.39 is 23.8 Å². The fraction of sp³-hybridized carbons (Fsp3) is 0.579. The molecule has 0 bridgehead atoms. The number of rotatable bonds is 4. The average Bonchev–Trinajstić information content (AvgIpc) is 2.54. The van der Waals surface area contributed by atoms with Gasteiger partial charge in [-0.1, -0.05) is 12.1 Å². The minimum Gasteiger partial charge on any atom is -0.436 e. The molecule has 2 amide bonds. The quantitative estimate of drug-likeness (QED) is 0.857. The van der Waals surface area contributed by atoms with E-state index in [0.717, 1.165) is 0 Å². The Balaban J connectivity index is 2.10. The summed E-state index contributed by atoms with van der Waals surface area (Å²) in [5.41, 5.74) is 0.209. The van der Waals surface area contributed by atoms with Crippen LogP contribution in [0.2, 0.25) is 0 Å². The third-order valence-electron chi connectivity index (χ3n) is 4.11. The van der Waals surface area contributed by atoms with Gasteiger partial charge in [-0.15, -0.1) is 0 Å². The van der Waals surface area contributed by atoms with Gasteiger partial charge in [0.15, 0.2) is 6.10 Å². The lowest BCUT2D eigenvalue weighted by Gasteiger charge is -2.32. The number of aliphatic hydroxyl groups excluding tert-OH is 1. The van der Waals surface area contributed by atoms with Crippen LogP contribution in [0.15, 0.2) is 24.3 Å². The summed E-state index contributed by atoms with van der Waals surface area (Å²) in [6, 6.07) is 5.76. The molecule has 0 saturated carbocycles. The molecule has 1 saturated heterocycles. The van der Waals surface area contributed by atoms with Crippen LogP contribution in [-0.2, 0) is 16.0 Å². The Morgan fingerprint density at radius 1 is 1.27 bits per heavy atom. The molecule has 0 spiro atoms. The molecular weight excluding hydrogens is 339 g/mol. The van der Waals surface area contributed by atoms with Crippen LogP contribution in [0.3, 0.4) is 0 Å². The zero-order valence-electron chi connectivity index (χ0n) is 15.5. The number of likely N-dealkylation sites (tertiary alicyclic amines) is 1. The number of carbonyl (C=O) groups excluding carboxylic acids is 2. The van der Waals surface area contributed by atoms with Gasteiger partial charge in [0.25, 0.3) is 5.91 Å². The van der Waals surface area contributed by atoms with Crippen LogP contribution in [0.25, 0.3) is 0 Å². The molecule has 1 unspecified atom stereocenters. The number of ether oxygens (including phenoxy) is 1. The molecule has 1 aromatic rings. The maximum atomic E-state index is 13.1. The number of piperidine rings is 1. The summed E-state index contributed by atoms with van der Waals surface area (Å²) < 4.78 is 18.5. The largest absolute Gasteiger partial charge is 0.436 e. The van der Waals surface area contributed by atoms with Crippen LogP contribution in [0.4, 0.5) is 9.18 Å². The number of benzene rings is 1. The Morgan fingerprint density at radius 2 is 1.85 bits per heavy atom. The Labute approximate surface area is 153 Å². The first kappa shape index (κ1) is 20.2. The normalized spacial score (nSPS) is 16.9. The van der Waals surface area contributed by atoms with Gasteiger partial charge in [-0.25, -0.2) is 9.18 Å². The van der Waals surface area contributed by atoms with E-state index in [1.807, 2.05) is 20.8 Å². The van der Waals surface area contributed by atoms with Gasteiger partial charge in [-0.05, 0) is 51.3 Å². The molecular formula is C19H27FN2O4. The first-order valence-corrected chi connectivity index (χ1v) is 8.84. The first-order chi connectivity index (χ1) is 12.1. The number of carbonyl (C=O) groups is 2. The highest BCUT2D eigenvalue weighted by Gasteiger charge is 2.31. The van der Waals surface area contributed by atoms with Gasteiger partial charge in [0.1, 0.15) is 5.82 Å². The summed E-state index contributed by atoms with van der Waals surface area (Å²) in [6.07, 6.45) is -0.907. The molecule has 0 aromatic heterocycles. The van der Waals surface area contributed by atoms with Gasteiger partial charge in [0, 0.05) is 25.0 Å². The molecule has 2 N–H and O–H groups in total. The van der Waals surface area contributed by atoms with Gasteiger partial charge in [-0.2, -0.15) is 0 Å². The number of nitrogens with one attached hydrogen (secondary N) is 1. The van der Waals surface area contributed by atoms with Crippen molar-refractivity contribution >= 4 is 12.0 Å². The fourth-order valence-corrected chi connectivity index (χ4v) is 2.77. The third-order valence-corrected chi connectivity index (χ3v) is 4.11. The van der Waals surface area contributed by atoms with Crippen molar-refractivity contribution in [3.05, 3.63) is 35.6 Å². The summed E-state index contributed by atoms with van der Waals surface area (Å²) in [5.74, 6) is -0.668. The Hall–Kier alpha value is -2.15. The van der Waals surface area contributed by atoms with Gasteiger partial charge in [-0.3, -0.25) is 4.79 Å². The first-order valence-electron chi connectivity index (χ1n) is 8.84. The van der Waals surface area contributed by atoms with Crippen molar-refractivity contribution in [3.8, 4) is 0 Å². The van der Waals surface area contributed by atoms with Crippen LogP contribution >= 0.6 is 0 Å². The van der Waals surface area contributed by atoms with E-state index in [0.29, 0.717) is 31.5 Å². The number of halogens is 1. The van der Waals surface area contributed by atoms with Crippen molar-refractivity contribution in [2.45, 2.75) is 57.8 Å². The zero-order valence-corrected chi connectivity index (χ0v) is 15.5. The van der Waals surface area contributed by atoms with Gasteiger partial charge < -0.3 is 20.1 Å². The lowest BCUT2D eigenvalue weighted by atomic mass is 10.0. The van der Waals surface area contributed by atoms with E-state index >= 15 is 0 Å². The molecule has 26 heavy (non-hydrogen) atoms. The number of nitrogens with zero attached hydrogens (tertiary/aromatic N) is 1. The van der Waals surface area contributed by atoms with Crippen molar-refractivity contribution < 1.29 is 23.8 Å². The Bertz CT molecular complexity index is 619. The van der Waals surface area contributed by atoms with E-state index in [4.69, 9.17) is 4.74 Å². The molecule has 1 aliphatic heterocycles. The SMILES string of the molecule is CC(C)(C)NC(=O)OC(Cc1ccc(F)cc1)C(=O)N1CCC(O)CC1. The molecule has 1 fully saturated rings. The topological polar surface area (TPSA) is 78.9 Å². The highest BCUT2D eigenvalue weighted by atomic mass is 19.1. The summed E-state index contributed by atoms with van der Waals surface area (Å²) in [7, 11) is 0. The number of alkyl carbamates (subject to hydrolysis) is 1. The van der Waals surface area contributed by atoms with E-state index in [-0.39, 0.29) is 18.1 Å². The van der Waals surface area contributed by atoms with Crippen LogP contribution in [0.5, 0.6) is 0 Å². The molecule has 1 aromatic carbocycles. The summed E-state index contributed by atoms with van der Waals surface area (Å²) in [6.45, 7) is 6.29. The van der Waals surface area contributed by atoms with Crippen LogP contribution in [-0.4, -0.2) is 52.8 Å². The fourth-order valence-electron chi connectivity index (χ4n) is 2.77. The van der Waals surface area contributed by atoms with Crippen LogP contribution in [0.1, 0.15) is 39.2 Å². The molecule has 6 nitrogen and oxygen atoms in total. The van der Waals surface area contributed by atoms with Crippen LogP contribution in [0, 0.1) is 5.82 Å². The lowest BCUT2D eigenvalue weighted by molar-refractivity contribution is -0.142. The summed E-state index contributed by atoms with van der Waals surface area (Å²) in [4.78, 5) is 26.6. The van der Waals surface area contributed by atoms with E-state index in [9.17, 15) is 19.1 Å². The minimum absolute atomic E-state index is 0.162. The predicted octanol–water partition coefficient (Wildman–Crippen LogP) is 2.24. The molecule has 1 atom stereocenters. The molecule has 0 aliphatic carbocycles. The number of hydrogen-bond acceptors (Lipinski definition) is 4. The second-order valence-corrected chi connectivity index (χ2v) is 7.66. The van der Waals surface area contributed by atoms with Crippen molar-refractivity contribution in [2.75, 3.05) is 13.1 Å². The van der Waals surface area contributed by atoms with Crippen LogP contribution < -0.4 is 5.32 Å². The molecule has 1 aliphatic rings. The molecule has 2 rings (SSSR count). The molecule has 1 heterocycles. The maximum Gasteiger partial charge on any atom is 0.408 e. The smallest absolute Gasteiger partial charge is 0.408 e. The highest BCUT2D eigenvalue weighted by molar-refractivity contribution is 5.84. The minimum atomic E-state index is -1.00. The number of hydrogen-bond donors (Lipinski definition) is 2. The maximum absolute atomic E-state index is 13.1. The van der Waals surface area contributed by atoms with Gasteiger partial charge in [0.2, 0.25) is 0 Å². The van der Waals surface area contributed by atoms with Gasteiger partial charge in [0.05, 0.1) is 6.10 Å². The van der Waals surface area contributed by atoms with Crippen molar-refractivity contribution in [2.24, 2.45) is 0 Å². The standard InChI is InChI=1S/C19H27FN2O4/c1-19(2,3)21-18(25)26-16(12-13-4-6-14(20)7-5-13)17(24)22-10-8-15(23)9-11-22/h4-7,15-16,23H,8-12H2,1-3H3,(H,21,25).